The van der Waals surface area contributed by atoms with Crippen LogP contribution in [0.5, 0.6) is 0 Å². The summed E-state index contributed by atoms with van der Waals surface area (Å²) in [5.74, 6) is -0.835. The predicted octanol–water partition coefficient (Wildman–Crippen LogP) is 2.12. The van der Waals surface area contributed by atoms with Crippen molar-refractivity contribution in [2.45, 2.75) is 32.7 Å². The van der Waals surface area contributed by atoms with E-state index in [4.69, 9.17) is 11.6 Å². The van der Waals surface area contributed by atoms with Crippen molar-refractivity contribution >= 4 is 29.1 Å². The van der Waals surface area contributed by atoms with Crippen molar-refractivity contribution in [2.75, 3.05) is 11.4 Å². The second-order valence-electron chi connectivity index (χ2n) is 5.41. The summed E-state index contributed by atoms with van der Waals surface area (Å²) in [6, 6.07) is -0.161. The molecule has 0 amide bonds. The number of nitrogens with zero attached hydrogens (tertiary/aromatic N) is 4. The topological polar surface area (TPSA) is 109 Å². The van der Waals surface area contributed by atoms with Gasteiger partial charge in [0, 0.05) is 12.6 Å². The van der Waals surface area contributed by atoms with Gasteiger partial charge < -0.3 is 10.0 Å². The van der Waals surface area contributed by atoms with E-state index >= 15 is 0 Å². The first kappa shape index (κ1) is 15.4. The molecular formula is C12H15ClN4O4. The van der Waals surface area contributed by atoms with E-state index in [1.54, 1.807) is 4.90 Å². The Bertz CT molecular complexity index is 589. The normalized spacial score (nSPS) is 15.8. The Morgan fingerprint density at radius 1 is 1.62 bits per heavy atom. The third-order valence-corrected chi connectivity index (χ3v) is 3.78. The molecule has 0 saturated heterocycles. The Labute approximate surface area is 125 Å². The van der Waals surface area contributed by atoms with Gasteiger partial charge >= 0.3 is 11.7 Å². The van der Waals surface area contributed by atoms with E-state index < -0.39 is 16.3 Å². The average Bonchev–Trinajstić information content (AvgIpc) is 3.16. The SMILES string of the molecule is CC(C)N(CC1(C(=O)O)CC1)c1nc(Cl)ncc1[N+](=O)[O-]. The Hall–Kier alpha value is -1.96. The van der Waals surface area contributed by atoms with E-state index in [-0.39, 0.29) is 29.4 Å². The molecule has 8 nitrogen and oxygen atoms in total. The predicted molar refractivity (Wildman–Crippen MR) is 75.5 cm³/mol. The standard InChI is InChI=1S/C12H15ClN4O4/c1-7(2)16(6-12(3-4-12)10(18)19)9-8(17(20)21)5-14-11(13)15-9/h5,7H,3-4,6H2,1-2H3,(H,18,19). The number of hydrogen-bond donors (Lipinski definition) is 1. The van der Waals surface area contributed by atoms with Gasteiger partial charge in [-0.3, -0.25) is 14.9 Å². The lowest BCUT2D eigenvalue weighted by Crippen LogP contribution is -2.40. The first-order valence-electron chi connectivity index (χ1n) is 6.44. The molecule has 1 N–H and O–H groups in total. The molecule has 0 bridgehead atoms. The molecule has 1 aromatic heterocycles. The van der Waals surface area contributed by atoms with E-state index in [2.05, 4.69) is 9.97 Å². The Balaban J connectivity index is 2.41. The van der Waals surface area contributed by atoms with Crippen LogP contribution in [-0.2, 0) is 4.79 Å². The molecule has 0 spiro atoms. The lowest BCUT2D eigenvalue weighted by molar-refractivity contribution is -0.384. The minimum atomic E-state index is -0.893. The van der Waals surface area contributed by atoms with Gasteiger partial charge in [-0.05, 0) is 38.3 Å². The fraction of sp³-hybridized carbons (Fsp3) is 0.583. The summed E-state index contributed by atoms with van der Waals surface area (Å²) in [6.07, 6.45) is 2.15. The lowest BCUT2D eigenvalue weighted by Gasteiger charge is -2.30. The second kappa shape index (κ2) is 5.44. The van der Waals surface area contributed by atoms with Crippen LogP contribution >= 0.6 is 11.6 Å². The first-order valence-corrected chi connectivity index (χ1v) is 6.81. The van der Waals surface area contributed by atoms with Crippen molar-refractivity contribution in [3.63, 3.8) is 0 Å². The summed E-state index contributed by atoms with van der Waals surface area (Å²) in [4.78, 5) is 31.0. The summed E-state index contributed by atoms with van der Waals surface area (Å²) in [5, 5.41) is 20.3. The van der Waals surface area contributed by atoms with Crippen molar-refractivity contribution < 1.29 is 14.8 Å². The van der Waals surface area contributed by atoms with E-state index in [1.165, 1.54) is 0 Å². The molecule has 1 aromatic rings. The number of aliphatic carboxylic acids is 1. The number of carboxylic acids is 1. The highest BCUT2D eigenvalue weighted by molar-refractivity contribution is 6.28. The molecule has 1 aliphatic rings. The molecule has 0 atom stereocenters. The number of carbonyl (C=O) groups is 1. The van der Waals surface area contributed by atoms with Crippen molar-refractivity contribution in [1.82, 2.24) is 9.97 Å². The summed E-state index contributed by atoms with van der Waals surface area (Å²) >= 11 is 5.73. The number of hydrogen-bond acceptors (Lipinski definition) is 6. The molecule has 0 aliphatic heterocycles. The number of halogens is 1. The van der Waals surface area contributed by atoms with Gasteiger partial charge in [-0.15, -0.1) is 0 Å². The van der Waals surface area contributed by atoms with Crippen LogP contribution in [0.4, 0.5) is 11.5 Å². The number of aromatic nitrogens is 2. The molecular weight excluding hydrogens is 300 g/mol. The smallest absolute Gasteiger partial charge is 0.329 e. The molecule has 9 heteroatoms. The van der Waals surface area contributed by atoms with Crippen molar-refractivity contribution in [2.24, 2.45) is 5.41 Å². The van der Waals surface area contributed by atoms with Gasteiger partial charge in [-0.25, -0.2) is 4.98 Å². The van der Waals surface area contributed by atoms with E-state index in [0.717, 1.165) is 6.20 Å². The fourth-order valence-corrected chi connectivity index (χ4v) is 2.23. The zero-order chi connectivity index (χ0) is 15.8. The third-order valence-electron chi connectivity index (χ3n) is 3.59. The zero-order valence-electron chi connectivity index (χ0n) is 11.6. The molecule has 0 aromatic carbocycles. The quantitative estimate of drug-likeness (QED) is 0.486. The van der Waals surface area contributed by atoms with E-state index in [9.17, 15) is 20.0 Å². The van der Waals surface area contributed by atoms with Crippen LogP contribution in [0.2, 0.25) is 5.28 Å². The van der Waals surface area contributed by atoms with Crippen molar-refractivity contribution in [3.05, 3.63) is 21.6 Å². The third kappa shape index (κ3) is 3.05. The summed E-state index contributed by atoms with van der Waals surface area (Å²) in [6.45, 7) is 3.80. The van der Waals surface area contributed by atoms with Gasteiger partial charge in [0.2, 0.25) is 11.1 Å². The molecule has 1 aliphatic carbocycles. The molecule has 1 heterocycles. The summed E-state index contributed by atoms with van der Waals surface area (Å²) < 4.78 is 0. The minimum absolute atomic E-state index is 0.0579. The first-order chi connectivity index (χ1) is 9.77. The van der Waals surface area contributed by atoms with E-state index in [1.807, 2.05) is 13.8 Å². The van der Waals surface area contributed by atoms with Crippen LogP contribution in [-0.4, -0.2) is 38.6 Å². The van der Waals surface area contributed by atoms with Crippen LogP contribution < -0.4 is 4.90 Å². The van der Waals surface area contributed by atoms with Gasteiger partial charge in [0.05, 0.1) is 10.3 Å². The maximum atomic E-state index is 11.3. The molecule has 0 radical (unpaired) electrons. The van der Waals surface area contributed by atoms with Crippen LogP contribution in [0, 0.1) is 15.5 Å². The van der Waals surface area contributed by atoms with Crippen molar-refractivity contribution in [3.8, 4) is 0 Å². The fourth-order valence-electron chi connectivity index (χ4n) is 2.10. The largest absolute Gasteiger partial charge is 0.481 e. The average molecular weight is 315 g/mol. The van der Waals surface area contributed by atoms with Gasteiger partial charge in [0.15, 0.2) is 0 Å². The van der Waals surface area contributed by atoms with Crippen LogP contribution in [0.25, 0.3) is 0 Å². The highest BCUT2D eigenvalue weighted by atomic mass is 35.5. The summed E-state index contributed by atoms with van der Waals surface area (Å²) in [5.41, 5.74) is -1.13. The number of carboxylic acid groups (broad SMARTS) is 1. The maximum absolute atomic E-state index is 11.3. The van der Waals surface area contributed by atoms with Crippen LogP contribution in [0.15, 0.2) is 6.20 Å². The Morgan fingerprint density at radius 2 is 2.24 bits per heavy atom. The number of rotatable bonds is 6. The van der Waals surface area contributed by atoms with Gasteiger partial charge in [0.25, 0.3) is 0 Å². The highest BCUT2D eigenvalue weighted by Crippen LogP contribution is 2.47. The maximum Gasteiger partial charge on any atom is 0.329 e. The second-order valence-corrected chi connectivity index (χ2v) is 5.75. The van der Waals surface area contributed by atoms with Crippen LogP contribution in [0.1, 0.15) is 26.7 Å². The minimum Gasteiger partial charge on any atom is -0.481 e. The van der Waals surface area contributed by atoms with Crippen molar-refractivity contribution in [1.29, 1.82) is 0 Å². The number of anilines is 1. The molecule has 1 fully saturated rings. The van der Waals surface area contributed by atoms with Gasteiger partial charge in [0.1, 0.15) is 6.20 Å². The molecule has 114 valence electrons. The monoisotopic (exact) mass is 314 g/mol. The van der Waals surface area contributed by atoms with Crippen LogP contribution in [0.3, 0.4) is 0 Å². The Kier molecular flexibility index (Phi) is 3.99. The lowest BCUT2D eigenvalue weighted by atomic mass is 10.1. The molecule has 1 saturated carbocycles. The summed E-state index contributed by atoms with van der Waals surface area (Å²) in [7, 11) is 0. The van der Waals surface area contributed by atoms with Gasteiger partial charge in [-0.2, -0.15) is 4.98 Å². The number of nitro groups is 1. The highest BCUT2D eigenvalue weighted by Gasteiger charge is 2.52. The molecule has 2 rings (SSSR count). The molecule has 0 unspecified atom stereocenters. The van der Waals surface area contributed by atoms with Gasteiger partial charge in [-0.1, -0.05) is 0 Å². The van der Waals surface area contributed by atoms with E-state index in [0.29, 0.717) is 12.8 Å². The molecule has 21 heavy (non-hydrogen) atoms. The Morgan fingerprint density at radius 3 is 2.67 bits per heavy atom. The zero-order valence-corrected chi connectivity index (χ0v) is 12.4.